The summed E-state index contributed by atoms with van der Waals surface area (Å²) in [5.74, 6) is -0.874. The molecular formula is C21H33NO4. The van der Waals surface area contributed by atoms with Crippen molar-refractivity contribution in [3.63, 3.8) is 0 Å². The molecule has 0 fully saturated rings. The Morgan fingerprint density at radius 1 is 1.23 bits per heavy atom. The minimum atomic E-state index is -0.909. The number of nitrogens with zero attached hydrogens (tertiary/aromatic N) is 1. The molecule has 0 aromatic heterocycles. The number of allylic oxidation sites excluding steroid dienone is 2. The van der Waals surface area contributed by atoms with E-state index >= 15 is 0 Å². The number of hydrogen-bond donors (Lipinski definition) is 1. The first kappa shape index (κ1) is 22.4. The Morgan fingerprint density at radius 3 is 2.38 bits per heavy atom. The summed E-state index contributed by atoms with van der Waals surface area (Å²) in [6.07, 6.45) is 1.48. The molecule has 5 heteroatoms. The van der Waals surface area contributed by atoms with Gasteiger partial charge in [0.15, 0.2) is 0 Å². The van der Waals surface area contributed by atoms with Gasteiger partial charge in [0.1, 0.15) is 0 Å². The quantitative estimate of drug-likeness (QED) is 0.536. The molecule has 1 rings (SSSR count). The van der Waals surface area contributed by atoms with Gasteiger partial charge < -0.3 is 9.84 Å². The Balaban J connectivity index is 2.70. The standard InChI is InChI=1S/C21H33NO4/c1-16(2)12-13-18(20(24)22(6)26-21(3,4)5)19(23)15-25-14-17-10-8-7-9-11-17/h7-12,18-19,23H,13-15H2,1-6H3/t18-,19-/m0/s1. The molecule has 0 spiro atoms. The van der Waals surface area contributed by atoms with E-state index in [1.807, 2.05) is 71.0 Å². The van der Waals surface area contributed by atoms with Crippen molar-refractivity contribution in [2.75, 3.05) is 13.7 Å². The molecule has 2 atom stereocenters. The molecule has 1 aromatic rings. The molecule has 1 amide bonds. The van der Waals surface area contributed by atoms with Crippen molar-refractivity contribution < 1.29 is 19.5 Å². The van der Waals surface area contributed by atoms with Gasteiger partial charge in [0, 0.05) is 7.05 Å². The largest absolute Gasteiger partial charge is 0.390 e. The predicted molar refractivity (Wildman–Crippen MR) is 103 cm³/mol. The highest BCUT2D eigenvalue weighted by Crippen LogP contribution is 2.19. The lowest BCUT2D eigenvalue weighted by Crippen LogP contribution is -2.43. The summed E-state index contributed by atoms with van der Waals surface area (Å²) in [5, 5.41) is 11.8. The molecule has 0 aliphatic heterocycles. The maximum absolute atomic E-state index is 12.8. The summed E-state index contributed by atoms with van der Waals surface area (Å²) in [5.41, 5.74) is 1.64. The smallest absolute Gasteiger partial charge is 0.251 e. The van der Waals surface area contributed by atoms with Crippen LogP contribution in [0.4, 0.5) is 0 Å². The third-order valence-corrected chi connectivity index (χ3v) is 3.68. The van der Waals surface area contributed by atoms with Crippen LogP contribution in [0.5, 0.6) is 0 Å². The van der Waals surface area contributed by atoms with E-state index in [2.05, 4.69) is 0 Å². The average Bonchev–Trinajstić information content (AvgIpc) is 2.54. The van der Waals surface area contributed by atoms with E-state index in [0.717, 1.165) is 11.1 Å². The van der Waals surface area contributed by atoms with E-state index in [9.17, 15) is 9.90 Å². The van der Waals surface area contributed by atoms with Gasteiger partial charge in [-0.1, -0.05) is 42.0 Å². The molecule has 0 bridgehead atoms. The number of carbonyl (C=O) groups excluding carboxylic acids is 1. The monoisotopic (exact) mass is 363 g/mol. The Hall–Kier alpha value is -1.69. The van der Waals surface area contributed by atoms with Gasteiger partial charge in [0.2, 0.25) is 0 Å². The van der Waals surface area contributed by atoms with Crippen LogP contribution in [-0.2, 0) is 21.0 Å². The summed E-state index contributed by atoms with van der Waals surface area (Å²) < 4.78 is 5.62. The van der Waals surface area contributed by atoms with Gasteiger partial charge in [-0.05, 0) is 46.6 Å². The van der Waals surface area contributed by atoms with Crippen molar-refractivity contribution in [1.29, 1.82) is 0 Å². The number of benzene rings is 1. The summed E-state index contributed by atoms with van der Waals surface area (Å²) in [6, 6.07) is 9.74. The van der Waals surface area contributed by atoms with E-state index < -0.39 is 17.6 Å². The average molecular weight is 363 g/mol. The molecule has 1 N–H and O–H groups in total. The van der Waals surface area contributed by atoms with Gasteiger partial charge in [-0.25, -0.2) is 5.06 Å². The van der Waals surface area contributed by atoms with Crippen molar-refractivity contribution in [3.05, 3.63) is 47.5 Å². The molecule has 0 heterocycles. The molecule has 146 valence electrons. The van der Waals surface area contributed by atoms with Gasteiger partial charge in [0.25, 0.3) is 5.91 Å². The number of amides is 1. The number of aliphatic hydroxyl groups is 1. The predicted octanol–water partition coefficient (Wildman–Crippen LogP) is 3.73. The van der Waals surface area contributed by atoms with Crippen LogP contribution in [0.25, 0.3) is 0 Å². The third kappa shape index (κ3) is 8.61. The maximum atomic E-state index is 12.8. The van der Waals surface area contributed by atoms with Crippen molar-refractivity contribution in [2.45, 2.75) is 59.4 Å². The molecule has 26 heavy (non-hydrogen) atoms. The molecule has 0 radical (unpaired) electrons. The van der Waals surface area contributed by atoms with Crippen LogP contribution in [-0.4, -0.2) is 41.4 Å². The van der Waals surface area contributed by atoms with E-state index in [0.29, 0.717) is 13.0 Å². The van der Waals surface area contributed by atoms with Gasteiger partial charge in [-0.15, -0.1) is 0 Å². The molecular weight excluding hydrogens is 330 g/mol. The Morgan fingerprint density at radius 2 is 1.85 bits per heavy atom. The van der Waals surface area contributed by atoms with Crippen LogP contribution in [0.15, 0.2) is 42.0 Å². The normalized spacial score (nSPS) is 13.8. The number of rotatable bonds is 9. The summed E-state index contributed by atoms with van der Waals surface area (Å²) in [7, 11) is 1.58. The van der Waals surface area contributed by atoms with Gasteiger partial charge in [0.05, 0.1) is 30.8 Å². The SMILES string of the molecule is CC(C)=CC[C@H](C(=O)N(C)OC(C)(C)C)[C@@H](O)COCc1ccccc1. The second-order valence-corrected chi connectivity index (χ2v) is 7.73. The van der Waals surface area contributed by atoms with Gasteiger partial charge in [-0.2, -0.15) is 0 Å². The topological polar surface area (TPSA) is 59.0 Å². The Bertz CT molecular complexity index is 573. The highest BCUT2D eigenvalue weighted by molar-refractivity contribution is 5.78. The number of carbonyl (C=O) groups is 1. The first-order valence-corrected chi connectivity index (χ1v) is 9.00. The minimum absolute atomic E-state index is 0.0886. The molecule has 5 nitrogen and oxygen atoms in total. The summed E-state index contributed by atoms with van der Waals surface area (Å²) in [4.78, 5) is 18.4. The second kappa shape index (κ2) is 10.5. The van der Waals surface area contributed by atoms with E-state index in [1.54, 1.807) is 7.05 Å². The van der Waals surface area contributed by atoms with Crippen molar-refractivity contribution in [2.24, 2.45) is 5.92 Å². The van der Waals surface area contributed by atoms with E-state index in [4.69, 9.17) is 9.57 Å². The Labute approximate surface area is 157 Å². The molecule has 0 saturated carbocycles. The number of ether oxygens (including phenoxy) is 1. The fourth-order valence-corrected chi connectivity index (χ4v) is 2.46. The van der Waals surface area contributed by atoms with Crippen LogP contribution in [0.3, 0.4) is 0 Å². The number of aliphatic hydroxyl groups excluding tert-OH is 1. The summed E-state index contributed by atoms with van der Waals surface area (Å²) >= 11 is 0. The zero-order chi connectivity index (χ0) is 19.7. The Kier molecular flexibility index (Phi) is 8.99. The van der Waals surface area contributed by atoms with Crippen LogP contribution >= 0.6 is 0 Å². The van der Waals surface area contributed by atoms with Crippen LogP contribution < -0.4 is 0 Å². The molecule has 0 aliphatic carbocycles. The van der Waals surface area contributed by atoms with Crippen molar-refractivity contribution in [3.8, 4) is 0 Å². The molecule has 0 unspecified atom stereocenters. The minimum Gasteiger partial charge on any atom is -0.390 e. The lowest BCUT2D eigenvalue weighted by atomic mass is 9.96. The maximum Gasteiger partial charge on any atom is 0.251 e. The molecule has 0 aliphatic rings. The first-order valence-electron chi connectivity index (χ1n) is 9.00. The van der Waals surface area contributed by atoms with E-state index in [1.165, 1.54) is 5.06 Å². The highest BCUT2D eigenvalue weighted by atomic mass is 16.7. The summed E-state index contributed by atoms with van der Waals surface area (Å²) in [6.45, 7) is 10.1. The van der Waals surface area contributed by atoms with Crippen LogP contribution in [0.2, 0.25) is 0 Å². The van der Waals surface area contributed by atoms with Crippen molar-refractivity contribution >= 4 is 5.91 Å². The lowest BCUT2D eigenvalue weighted by molar-refractivity contribution is -0.223. The second-order valence-electron chi connectivity index (χ2n) is 7.73. The number of hydrogen-bond acceptors (Lipinski definition) is 4. The fraction of sp³-hybridized carbons (Fsp3) is 0.571. The van der Waals surface area contributed by atoms with Crippen LogP contribution in [0.1, 0.15) is 46.6 Å². The third-order valence-electron chi connectivity index (χ3n) is 3.68. The fourth-order valence-electron chi connectivity index (χ4n) is 2.46. The lowest BCUT2D eigenvalue weighted by Gasteiger charge is -2.30. The zero-order valence-electron chi connectivity index (χ0n) is 16.9. The van der Waals surface area contributed by atoms with E-state index in [-0.39, 0.29) is 12.5 Å². The molecule has 0 saturated heterocycles. The number of hydroxylamine groups is 2. The van der Waals surface area contributed by atoms with Crippen LogP contribution in [0, 0.1) is 5.92 Å². The van der Waals surface area contributed by atoms with Gasteiger partial charge in [-0.3, -0.25) is 9.63 Å². The highest BCUT2D eigenvalue weighted by Gasteiger charge is 2.31. The van der Waals surface area contributed by atoms with Gasteiger partial charge >= 0.3 is 0 Å². The first-order chi connectivity index (χ1) is 12.1. The molecule has 1 aromatic carbocycles. The zero-order valence-corrected chi connectivity index (χ0v) is 16.9. The van der Waals surface area contributed by atoms with Crippen molar-refractivity contribution in [1.82, 2.24) is 5.06 Å².